The van der Waals surface area contributed by atoms with Gasteiger partial charge in [-0.15, -0.1) is 0 Å². The third kappa shape index (κ3) is 3.94. The van der Waals surface area contributed by atoms with Crippen LogP contribution in [0.2, 0.25) is 0 Å². The number of nitrogens with zero attached hydrogens (tertiary/aromatic N) is 1. The first-order chi connectivity index (χ1) is 7.24. The quantitative estimate of drug-likeness (QED) is 0.763. The van der Waals surface area contributed by atoms with E-state index in [1.807, 2.05) is 32.1 Å². The Kier molecular flexibility index (Phi) is 4.54. The summed E-state index contributed by atoms with van der Waals surface area (Å²) in [7, 11) is 0. The van der Waals surface area contributed by atoms with Crippen molar-refractivity contribution in [2.24, 2.45) is 0 Å². The van der Waals surface area contributed by atoms with Crippen LogP contribution in [0, 0.1) is 0 Å². The normalized spacial score (nSPS) is 11.2. The van der Waals surface area contributed by atoms with Crippen LogP contribution in [-0.2, 0) is 11.3 Å². The Bertz CT molecular complexity index is 344. The molecule has 1 amide bonds. The van der Waals surface area contributed by atoms with Crippen molar-refractivity contribution in [2.75, 3.05) is 0 Å². The molecule has 1 N–H and O–H groups in total. The molecule has 0 aliphatic rings. The predicted octanol–water partition coefficient (Wildman–Crippen LogP) is 2.05. The zero-order valence-corrected chi connectivity index (χ0v) is 9.16. The maximum absolute atomic E-state index is 11.5. The zero-order valence-electron chi connectivity index (χ0n) is 9.16. The molecule has 0 unspecified atom stereocenters. The molecule has 1 aromatic heterocycles. The molecule has 1 rings (SSSR count). The second-order valence-electron chi connectivity index (χ2n) is 3.33. The number of allylic oxidation sites excluding steroid dienone is 1. The smallest absolute Gasteiger partial charge is 0.246 e. The van der Waals surface area contributed by atoms with Crippen LogP contribution >= 0.6 is 0 Å². The van der Waals surface area contributed by atoms with Crippen molar-refractivity contribution >= 4 is 5.91 Å². The van der Waals surface area contributed by atoms with E-state index >= 15 is 0 Å². The summed E-state index contributed by atoms with van der Waals surface area (Å²) in [5.41, 5.74) is 1.83. The molecule has 80 valence electrons. The fourth-order valence-corrected chi connectivity index (χ4v) is 1.22. The maximum atomic E-state index is 11.5. The molecule has 0 radical (unpaired) electrons. The minimum atomic E-state index is -0.00587. The molecule has 1 aromatic rings. The summed E-state index contributed by atoms with van der Waals surface area (Å²) in [4.78, 5) is 15.4. The van der Waals surface area contributed by atoms with E-state index in [1.165, 1.54) is 0 Å². The van der Waals surface area contributed by atoms with E-state index in [2.05, 4.69) is 10.3 Å². The number of rotatable bonds is 4. The topological polar surface area (TPSA) is 42.0 Å². The van der Waals surface area contributed by atoms with E-state index in [-0.39, 0.29) is 5.91 Å². The van der Waals surface area contributed by atoms with Gasteiger partial charge in [0, 0.05) is 24.5 Å². The lowest BCUT2D eigenvalue weighted by atomic mass is 10.2. The lowest BCUT2D eigenvalue weighted by Gasteiger charge is -2.04. The monoisotopic (exact) mass is 204 g/mol. The number of amides is 1. The van der Waals surface area contributed by atoms with E-state index in [0.717, 1.165) is 17.6 Å². The largest absolute Gasteiger partial charge is 0.348 e. The van der Waals surface area contributed by atoms with Gasteiger partial charge in [-0.05, 0) is 31.0 Å². The van der Waals surface area contributed by atoms with Gasteiger partial charge < -0.3 is 5.32 Å². The number of pyridine rings is 1. The molecule has 15 heavy (non-hydrogen) atoms. The molecular weight excluding hydrogens is 188 g/mol. The third-order valence-corrected chi connectivity index (χ3v) is 2.07. The predicted molar refractivity (Wildman–Crippen MR) is 60.1 cm³/mol. The Morgan fingerprint density at radius 3 is 2.73 bits per heavy atom. The molecule has 0 aromatic carbocycles. The minimum Gasteiger partial charge on any atom is -0.348 e. The van der Waals surface area contributed by atoms with Gasteiger partial charge in [-0.1, -0.05) is 13.0 Å². The lowest BCUT2D eigenvalue weighted by Crippen LogP contribution is -2.23. The lowest BCUT2D eigenvalue weighted by molar-refractivity contribution is -0.117. The standard InChI is InChI=1S/C12H16N2O/c1-3-4-10(2)12(15)14-9-11-5-7-13-8-6-11/h4-8H,3,9H2,1-2H3,(H,14,15)/b10-4-. The molecule has 0 saturated carbocycles. The van der Waals surface area contributed by atoms with E-state index in [4.69, 9.17) is 0 Å². The number of carbonyl (C=O) groups excluding carboxylic acids is 1. The van der Waals surface area contributed by atoms with Crippen LogP contribution < -0.4 is 5.32 Å². The second-order valence-corrected chi connectivity index (χ2v) is 3.33. The highest BCUT2D eigenvalue weighted by atomic mass is 16.1. The highest BCUT2D eigenvalue weighted by Crippen LogP contribution is 1.98. The average molecular weight is 204 g/mol. The summed E-state index contributed by atoms with van der Waals surface area (Å²) in [5, 5.41) is 2.85. The van der Waals surface area contributed by atoms with Gasteiger partial charge in [-0.2, -0.15) is 0 Å². The van der Waals surface area contributed by atoms with Crippen LogP contribution in [-0.4, -0.2) is 10.9 Å². The van der Waals surface area contributed by atoms with Crippen molar-refractivity contribution in [3.05, 3.63) is 41.7 Å². The van der Waals surface area contributed by atoms with Crippen molar-refractivity contribution in [3.63, 3.8) is 0 Å². The van der Waals surface area contributed by atoms with Crippen molar-refractivity contribution in [1.82, 2.24) is 10.3 Å². The molecule has 0 aliphatic carbocycles. The van der Waals surface area contributed by atoms with Crippen LogP contribution in [0.25, 0.3) is 0 Å². The van der Waals surface area contributed by atoms with Crippen molar-refractivity contribution in [2.45, 2.75) is 26.8 Å². The third-order valence-electron chi connectivity index (χ3n) is 2.07. The Balaban J connectivity index is 2.45. The first-order valence-electron chi connectivity index (χ1n) is 5.08. The molecule has 0 atom stereocenters. The Hall–Kier alpha value is -1.64. The first kappa shape index (κ1) is 11.4. The summed E-state index contributed by atoms with van der Waals surface area (Å²) in [6, 6.07) is 3.78. The highest BCUT2D eigenvalue weighted by Gasteiger charge is 2.02. The molecule has 0 saturated heterocycles. The van der Waals surface area contributed by atoms with Gasteiger partial charge in [0.25, 0.3) is 0 Å². The summed E-state index contributed by atoms with van der Waals surface area (Å²) >= 11 is 0. The van der Waals surface area contributed by atoms with Gasteiger partial charge in [-0.3, -0.25) is 9.78 Å². The van der Waals surface area contributed by atoms with Gasteiger partial charge in [0.15, 0.2) is 0 Å². The van der Waals surface area contributed by atoms with E-state index in [1.54, 1.807) is 12.4 Å². The molecule has 1 heterocycles. The van der Waals surface area contributed by atoms with Gasteiger partial charge in [0.1, 0.15) is 0 Å². The fourth-order valence-electron chi connectivity index (χ4n) is 1.22. The molecule has 0 bridgehead atoms. The first-order valence-corrected chi connectivity index (χ1v) is 5.08. The molecule has 3 heteroatoms. The minimum absolute atomic E-state index is 0.00587. The number of nitrogens with one attached hydrogen (secondary N) is 1. The van der Waals surface area contributed by atoms with E-state index in [0.29, 0.717) is 6.54 Å². The number of carbonyl (C=O) groups is 1. The van der Waals surface area contributed by atoms with Crippen LogP contribution in [0.15, 0.2) is 36.2 Å². The Morgan fingerprint density at radius 1 is 1.47 bits per heavy atom. The Labute approximate surface area is 90.2 Å². The van der Waals surface area contributed by atoms with Gasteiger partial charge in [-0.25, -0.2) is 0 Å². The summed E-state index contributed by atoms with van der Waals surface area (Å²) in [6.07, 6.45) is 6.24. The number of aromatic nitrogens is 1. The fraction of sp³-hybridized carbons (Fsp3) is 0.333. The zero-order chi connectivity index (χ0) is 11.1. The van der Waals surface area contributed by atoms with Crippen molar-refractivity contribution < 1.29 is 4.79 Å². The molecule has 0 aliphatic heterocycles. The second kappa shape index (κ2) is 5.96. The van der Waals surface area contributed by atoms with E-state index in [9.17, 15) is 4.79 Å². The van der Waals surface area contributed by atoms with E-state index < -0.39 is 0 Å². The number of hydrogen-bond acceptors (Lipinski definition) is 2. The maximum Gasteiger partial charge on any atom is 0.246 e. The molecule has 0 spiro atoms. The Morgan fingerprint density at radius 2 is 2.13 bits per heavy atom. The summed E-state index contributed by atoms with van der Waals surface area (Å²) in [5.74, 6) is -0.00587. The molecule has 3 nitrogen and oxygen atoms in total. The summed E-state index contributed by atoms with van der Waals surface area (Å²) < 4.78 is 0. The van der Waals surface area contributed by atoms with Crippen LogP contribution in [0.5, 0.6) is 0 Å². The molecule has 0 fully saturated rings. The van der Waals surface area contributed by atoms with Gasteiger partial charge >= 0.3 is 0 Å². The van der Waals surface area contributed by atoms with Crippen LogP contribution in [0.4, 0.5) is 0 Å². The van der Waals surface area contributed by atoms with Crippen LogP contribution in [0.1, 0.15) is 25.8 Å². The van der Waals surface area contributed by atoms with Crippen molar-refractivity contribution in [1.29, 1.82) is 0 Å². The van der Waals surface area contributed by atoms with Gasteiger partial charge in [0.2, 0.25) is 5.91 Å². The highest BCUT2D eigenvalue weighted by molar-refractivity contribution is 5.92. The number of hydrogen-bond donors (Lipinski definition) is 1. The SMILES string of the molecule is CC/C=C(/C)C(=O)NCc1ccncc1. The molecular formula is C12H16N2O. The summed E-state index contributed by atoms with van der Waals surface area (Å²) in [6.45, 7) is 4.39. The van der Waals surface area contributed by atoms with Gasteiger partial charge in [0.05, 0.1) is 0 Å². The average Bonchev–Trinajstić information content (AvgIpc) is 2.27. The van der Waals surface area contributed by atoms with Crippen molar-refractivity contribution in [3.8, 4) is 0 Å². The van der Waals surface area contributed by atoms with Crippen LogP contribution in [0.3, 0.4) is 0 Å².